The summed E-state index contributed by atoms with van der Waals surface area (Å²) >= 11 is 3.90. The lowest BCUT2D eigenvalue weighted by Crippen LogP contribution is -2.41. The van der Waals surface area contributed by atoms with Gasteiger partial charge in [0.25, 0.3) is 23.6 Å². The molecule has 0 radical (unpaired) electrons. The van der Waals surface area contributed by atoms with Gasteiger partial charge in [-0.3, -0.25) is 40.9 Å². The summed E-state index contributed by atoms with van der Waals surface area (Å²) in [6.45, 7) is 0. The number of carbonyl (C=O) groups is 4. The fourth-order valence-electron chi connectivity index (χ4n) is 4.26. The van der Waals surface area contributed by atoms with Crippen molar-refractivity contribution in [1.29, 1.82) is 0 Å². The maximum atomic E-state index is 12.4. The van der Waals surface area contributed by atoms with E-state index < -0.39 is 11.8 Å². The fraction of sp³-hybridized carbons (Fsp3) is 0.333. The van der Waals surface area contributed by atoms with Gasteiger partial charge in [0.15, 0.2) is 0 Å². The van der Waals surface area contributed by atoms with Gasteiger partial charge in [0.05, 0.1) is 19.5 Å². The lowest BCUT2D eigenvalue weighted by Gasteiger charge is -2.08. The Balaban J connectivity index is 1.12. The van der Waals surface area contributed by atoms with Gasteiger partial charge < -0.3 is 0 Å². The van der Waals surface area contributed by atoms with E-state index in [2.05, 4.69) is 21.7 Å². The molecule has 11 heteroatoms. The number of nitrogens with one attached hydrogen (secondary N) is 4. The summed E-state index contributed by atoms with van der Waals surface area (Å²) in [5.74, 6) is -1.75. The molecule has 2 aliphatic rings. The molecule has 4 N–H and O–H groups in total. The number of aryl methyl sites for hydroxylation is 4. The third-order valence-corrected chi connectivity index (χ3v) is 9.63. The maximum Gasteiger partial charge on any atom is 0.279 e. The van der Waals surface area contributed by atoms with Gasteiger partial charge in [-0.25, -0.2) is 0 Å². The number of thiophene rings is 3. The molecule has 0 fully saturated rings. The summed E-state index contributed by atoms with van der Waals surface area (Å²) in [5, 5.41) is 0. The van der Waals surface area contributed by atoms with E-state index in [1.807, 2.05) is 12.1 Å². The van der Waals surface area contributed by atoms with Crippen LogP contribution in [0.2, 0.25) is 0 Å². The van der Waals surface area contributed by atoms with Crippen molar-refractivity contribution in [3.63, 3.8) is 0 Å². The number of amides is 4. The van der Waals surface area contributed by atoms with E-state index in [0.717, 1.165) is 62.7 Å². The number of carbonyl (C=O) groups excluding carboxylic acids is 4. The van der Waals surface area contributed by atoms with E-state index in [0.29, 0.717) is 9.75 Å². The molecule has 0 bridgehead atoms. The molecule has 3 aromatic heterocycles. The quantitative estimate of drug-likeness (QED) is 0.386. The molecule has 3 heterocycles. The fourth-order valence-corrected chi connectivity index (χ4v) is 7.35. The van der Waals surface area contributed by atoms with E-state index in [1.54, 1.807) is 0 Å². The molecule has 0 aromatic carbocycles. The lowest BCUT2D eigenvalue weighted by atomic mass is 9.99. The first-order valence-electron chi connectivity index (χ1n) is 11.5. The normalized spacial score (nSPS) is 14.4. The number of hydrazine groups is 2. The molecule has 0 spiro atoms. The number of hydrogen-bond acceptors (Lipinski definition) is 7. The van der Waals surface area contributed by atoms with Crippen LogP contribution >= 0.6 is 34.0 Å². The molecular formula is C24H24N4O4S3. The molecule has 0 saturated carbocycles. The largest absolute Gasteiger partial charge is 0.279 e. The van der Waals surface area contributed by atoms with E-state index in [1.165, 1.54) is 55.7 Å². The van der Waals surface area contributed by atoms with E-state index >= 15 is 0 Å². The molecule has 4 amide bonds. The highest BCUT2D eigenvalue weighted by Crippen LogP contribution is 2.30. The van der Waals surface area contributed by atoms with Crippen LogP contribution in [-0.2, 0) is 25.7 Å². The second-order valence-electron chi connectivity index (χ2n) is 8.51. The van der Waals surface area contributed by atoms with Crippen LogP contribution in [-0.4, -0.2) is 23.6 Å². The zero-order chi connectivity index (χ0) is 24.4. The van der Waals surface area contributed by atoms with Crippen molar-refractivity contribution in [3.8, 4) is 0 Å². The van der Waals surface area contributed by atoms with Crippen LogP contribution in [0.5, 0.6) is 0 Å². The minimum atomic E-state index is -0.517. The Hall–Kier alpha value is -3.02. The Labute approximate surface area is 214 Å². The van der Waals surface area contributed by atoms with E-state index in [-0.39, 0.29) is 21.6 Å². The Bertz CT molecular complexity index is 1160. The third kappa shape index (κ3) is 5.31. The molecule has 8 nitrogen and oxygen atoms in total. The second kappa shape index (κ2) is 10.3. The summed E-state index contributed by atoms with van der Waals surface area (Å²) in [4.78, 5) is 53.9. The minimum Gasteiger partial charge on any atom is -0.266 e. The Morgan fingerprint density at radius 1 is 0.514 bits per heavy atom. The monoisotopic (exact) mass is 528 g/mol. The summed E-state index contributed by atoms with van der Waals surface area (Å²) in [7, 11) is 0. The van der Waals surface area contributed by atoms with Crippen molar-refractivity contribution in [3.05, 3.63) is 64.7 Å². The predicted molar refractivity (Wildman–Crippen MR) is 136 cm³/mol. The molecule has 182 valence electrons. The SMILES string of the molecule is O=C(NNC(=O)c1cc2c(s1)CCCC2)c1ccc(C(=O)NNC(=O)c2cc3c(s2)CCCC3)s1. The van der Waals surface area contributed by atoms with Crippen LogP contribution in [0, 0.1) is 0 Å². The van der Waals surface area contributed by atoms with Gasteiger partial charge in [0, 0.05) is 9.75 Å². The zero-order valence-electron chi connectivity index (χ0n) is 18.8. The van der Waals surface area contributed by atoms with Crippen LogP contribution in [0.1, 0.15) is 85.3 Å². The van der Waals surface area contributed by atoms with Crippen LogP contribution in [0.4, 0.5) is 0 Å². The summed E-state index contributed by atoms with van der Waals surface area (Å²) in [6, 6.07) is 6.79. The zero-order valence-corrected chi connectivity index (χ0v) is 21.3. The van der Waals surface area contributed by atoms with Gasteiger partial charge in [-0.05, 0) is 86.8 Å². The highest BCUT2D eigenvalue weighted by atomic mass is 32.1. The molecule has 0 aliphatic heterocycles. The van der Waals surface area contributed by atoms with Crippen molar-refractivity contribution in [1.82, 2.24) is 21.7 Å². The Kier molecular flexibility index (Phi) is 6.98. The van der Waals surface area contributed by atoms with Gasteiger partial charge in [-0.1, -0.05) is 0 Å². The first-order chi connectivity index (χ1) is 17.0. The third-order valence-electron chi connectivity index (χ3n) is 6.07. The van der Waals surface area contributed by atoms with E-state index in [9.17, 15) is 19.2 Å². The van der Waals surface area contributed by atoms with Crippen molar-refractivity contribution < 1.29 is 19.2 Å². The second-order valence-corrected chi connectivity index (χ2v) is 11.9. The van der Waals surface area contributed by atoms with Gasteiger partial charge in [0.2, 0.25) is 0 Å². The van der Waals surface area contributed by atoms with Crippen LogP contribution < -0.4 is 21.7 Å². The predicted octanol–water partition coefficient (Wildman–Crippen LogP) is 3.78. The molecule has 0 unspecified atom stereocenters. The average Bonchev–Trinajstić information content (AvgIpc) is 3.62. The maximum absolute atomic E-state index is 12.4. The first kappa shape index (κ1) is 23.7. The lowest BCUT2D eigenvalue weighted by molar-refractivity contribution is 0.0850. The van der Waals surface area contributed by atoms with Crippen molar-refractivity contribution >= 4 is 57.6 Å². The molecule has 0 saturated heterocycles. The Morgan fingerprint density at radius 3 is 1.29 bits per heavy atom. The summed E-state index contributed by atoms with van der Waals surface area (Å²) in [5.41, 5.74) is 12.1. The van der Waals surface area contributed by atoms with Crippen LogP contribution in [0.15, 0.2) is 24.3 Å². The van der Waals surface area contributed by atoms with Gasteiger partial charge in [0.1, 0.15) is 0 Å². The molecule has 0 atom stereocenters. The molecule has 5 rings (SSSR count). The molecule has 35 heavy (non-hydrogen) atoms. The molecular weight excluding hydrogens is 504 g/mol. The van der Waals surface area contributed by atoms with Gasteiger partial charge >= 0.3 is 0 Å². The van der Waals surface area contributed by atoms with E-state index in [4.69, 9.17) is 0 Å². The van der Waals surface area contributed by atoms with Crippen molar-refractivity contribution in [2.45, 2.75) is 51.4 Å². The first-order valence-corrected chi connectivity index (χ1v) is 14.0. The molecule has 2 aliphatic carbocycles. The molecule has 3 aromatic rings. The summed E-state index contributed by atoms with van der Waals surface area (Å²) < 4.78 is 0. The standard InChI is InChI=1S/C24H24N4O4S3/c29-21(25-27-23(31)19-11-13-5-1-3-7-15(13)33-19)17-9-10-18(35-17)22(30)26-28-24(32)20-12-14-6-2-4-8-16(14)34-20/h9-12H,1-8H2,(H,25,29)(H,26,30)(H,27,31)(H,28,32). The number of rotatable bonds is 4. The average molecular weight is 529 g/mol. The van der Waals surface area contributed by atoms with Crippen molar-refractivity contribution in [2.24, 2.45) is 0 Å². The van der Waals surface area contributed by atoms with Crippen LogP contribution in [0.3, 0.4) is 0 Å². The highest BCUT2D eigenvalue weighted by molar-refractivity contribution is 7.16. The number of fused-ring (bicyclic) bond motifs is 2. The minimum absolute atomic E-state index is 0.262. The smallest absolute Gasteiger partial charge is 0.266 e. The van der Waals surface area contributed by atoms with Crippen molar-refractivity contribution in [2.75, 3.05) is 0 Å². The highest BCUT2D eigenvalue weighted by Gasteiger charge is 2.20. The Morgan fingerprint density at radius 2 is 0.886 bits per heavy atom. The van der Waals surface area contributed by atoms with Gasteiger partial charge in [-0.15, -0.1) is 34.0 Å². The van der Waals surface area contributed by atoms with Crippen LogP contribution in [0.25, 0.3) is 0 Å². The number of hydrogen-bond donors (Lipinski definition) is 4. The van der Waals surface area contributed by atoms with Gasteiger partial charge in [-0.2, -0.15) is 0 Å². The topological polar surface area (TPSA) is 116 Å². The summed E-state index contributed by atoms with van der Waals surface area (Å²) in [6.07, 6.45) is 8.51.